The Morgan fingerprint density at radius 3 is 2.63 bits per heavy atom. The highest BCUT2D eigenvalue weighted by Crippen LogP contribution is 2.27. The van der Waals surface area contributed by atoms with Gasteiger partial charge in [0.25, 0.3) is 0 Å². The molecule has 1 saturated heterocycles. The van der Waals surface area contributed by atoms with Crippen LogP contribution in [0.25, 0.3) is 10.8 Å². The van der Waals surface area contributed by atoms with Crippen LogP contribution >= 0.6 is 0 Å². The van der Waals surface area contributed by atoms with Crippen molar-refractivity contribution in [3.63, 3.8) is 0 Å². The second-order valence-electron chi connectivity index (χ2n) is 9.34. The summed E-state index contributed by atoms with van der Waals surface area (Å²) in [5.41, 5.74) is 3.83. The number of hydrogen-bond acceptors (Lipinski definition) is 4. The summed E-state index contributed by atoms with van der Waals surface area (Å²) < 4.78 is 11.1. The van der Waals surface area contributed by atoms with Gasteiger partial charge in [-0.1, -0.05) is 36.4 Å². The van der Waals surface area contributed by atoms with E-state index in [0.29, 0.717) is 13.2 Å². The molecule has 35 heavy (non-hydrogen) atoms. The van der Waals surface area contributed by atoms with Gasteiger partial charge < -0.3 is 19.7 Å². The van der Waals surface area contributed by atoms with Gasteiger partial charge >= 0.3 is 0 Å². The fourth-order valence-electron chi connectivity index (χ4n) is 4.57. The van der Waals surface area contributed by atoms with Crippen molar-refractivity contribution in [2.24, 2.45) is 0 Å². The molecule has 0 radical (unpaired) electrons. The van der Waals surface area contributed by atoms with E-state index in [9.17, 15) is 9.59 Å². The van der Waals surface area contributed by atoms with E-state index in [4.69, 9.17) is 9.47 Å². The molecule has 6 nitrogen and oxygen atoms in total. The second-order valence-corrected chi connectivity index (χ2v) is 9.34. The summed E-state index contributed by atoms with van der Waals surface area (Å²) in [5, 5.41) is 5.08. The molecule has 0 spiro atoms. The van der Waals surface area contributed by atoms with Gasteiger partial charge in [0.1, 0.15) is 5.75 Å². The smallest absolute Gasteiger partial charge is 0.244 e. The van der Waals surface area contributed by atoms with E-state index in [1.165, 1.54) is 0 Å². The van der Waals surface area contributed by atoms with E-state index in [1.54, 1.807) is 12.0 Å². The first-order valence-electron chi connectivity index (χ1n) is 12.2. The van der Waals surface area contributed by atoms with Crippen LogP contribution in [0.3, 0.4) is 0 Å². The number of fused-ring (bicyclic) bond motifs is 1. The molecule has 184 valence electrons. The maximum Gasteiger partial charge on any atom is 0.244 e. The number of ether oxygens (including phenoxy) is 2. The van der Waals surface area contributed by atoms with E-state index in [1.807, 2.05) is 75.4 Å². The standard InChI is InChI=1S/C29H34N2O4/c1-19-7-5-9-27(20(19)2)30-28(32)18-31(17-26-8-6-14-35-26)29(33)21(3)22-10-11-24-16-25(34-4)13-12-23(24)15-22/h5,7,9-13,15-16,21,26H,6,8,14,17-18H2,1-4H3,(H,30,32)/t21-,26?/m0/s1. The number of nitrogens with one attached hydrogen (secondary N) is 1. The molecule has 1 N–H and O–H groups in total. The number of benzene rings is 3. The van der Waals surface area contributed by atoms with Crippen LogP contribution in [0.15, 0.2) is 54.6 Å². The van der Waals surface area contributed by atoms with Crippen LogP contribution < -0.4 is 10.1 Å². The molecule has 1 heterocycles. The van der Waals surface area contributed by atoms with Gasteiger partial charge in [-0.3, -0.25) is 9.59 Å². The minimum atomic E-state index is -0.392. The SMILES string of the molecule is COc1ccc2cc([C@H](C)C(=O)N(CC(=O)Nc3cccc(C)c3C)CC3CCCO3)ccc2c1. The van der Waals surface area contributed by atoms with Crippen molar-refractivity contribution in [3.05, 3.63) is 71.3 Å². The molecule has 3 aromatic rings. The zero-order valence-corrected chi connectivity index (χ0v) is 21.0. The molecule has 2 atom stereocenters. The molecular weight excluding hydrogens is 440 g/mol. The van der Waals surface area contributed by atoms with Crippen LogP contribution in [0.2, 0.25) is 0 Å². The monoisotopic (exact) mass is 474 g/mol. The fraction of sp³-hybridized carbons (Fsp3) is 0.379. The summed E-state index contributed by atoms with van der Waals surface area (Å²) in [5.74, 6) is 0.121. The molecule has 1 aliphatic heterocycles. The first-order valence-corrected chi connectivity index (χ1v) is 12.2. The van der Waals surface area contributed by atoms with Crippen LogP contribution in [0.1, 0.15) is 42.4 Å². The quantitative estimate of drug-likeness (QED) is 0.486. The van der Waals surface area contributed by atoms with Crippen LogP contribution in [0, 0.1) is 13.8 Å². The number of amides is 2. The van der Waals surface area contributed by atoms with E-state index in [0.717, 1.165) is 51.7 Å². The number of carbonyl (C=O) groups is 2. The summed E-state index contributed by atoms with van der Waals surface area (Å²) in [6.07, 6.45) is 1.84. The fourth-order valence-corrected chi connectivity index (χ4v) is 4.57. The van der Waals surface area contributed by atoms with Gasteiger partial charge in [-0.25, -0.2) is 0 Å². The molecule has 3 aromatic carbocycles. The van der Waals surface area contributed by atoms with Gasteiger partial charge in [0, 0.05) is 18.8 Å². The van der Waals surface area contributed by atoms with Gasteiger partial charge in [0.15, 0.2) is 0 Å². The Hall–Kier alpha value is -3.38. The number of nitrogens with zero attached hydrogens (tertiary/aromatic N) is 1. The average molecular weight is 475 g/mol. The summed E-state index contributed by atoms with van der Waals surface area (Å²) >= 11 is 0. The zero-order chi connectivity index (χ0) is 24.9. The third-order valence-electron chi connectivity index (χ3n) is 6.91. The number of hydrogen-bond donors (Lipinski definition) is 1. The minimum Gasteiger partial charge on any atom is -0.497 e. The van der Waals surface area contributed by atoms with E-state index >= 15 is 0 Å². The highest BCUT2D eigenvalue weighted by molar-refractivity contribution is 5.96. The molecular formula is C29H34N2O4. The highest BCUT2D eigenvalue weighted by atomic mass is 16.5. The molecule has 0 aromatic heterocycles. The third-order valence-corrected chi connectivity index (χ3v) is 6.91. The number of anilines is 1. The Kier molecular flexibility index (Phi) is 7.71. The topological polar surface area (TPSA) is 67.9 Å². The Morgan fingerprint density at radius 1 is 1.11 bits per heavy atom. The Morgan fingerprint density at radius 2 is 1.89 bits per heavy atom. The molecule has 4 rings (SSSR count). The van der Waals surface area contributed by atoms with Crippen molar-refractivity contribution >= 4 is 28.3 Å². The van der Waals surface area contributed by atoms with Gasteiger partial charge in [0.05, 0.1) is 25.7 Å². The summed E-state index contributed by atoms with van der Waals surface area (Å²) in [6, 6.07) is 17.7. The Bertz CT molecular complexity index is 1220. The zero-order valence-electron chi connectivity index (χ0n) is 21.0. The van der Waals surface area contributed by atoms with Crippen molar-refractivity contribution in [3.8, 4) is 5.75 Å². The molecule has 0 aliphatic carbocycles. The maximum absolute atomic E-state index is 13.6. The van der Waals surface area contributed by atoms with Crippen LogP contribution in [0.4, 0.5) is 5.69 Å². The normalized spacial score (nSPS) is 16.2. The van der Waals surface area contributed by atoms with Crippen LogP contribution in [0.5, 0.6) is 5.75 Å². The van der Waals surface area contributed by atoms with E-state index < -0.39 is 5.92 Å². The van der Waals surface area contributed by atoms with E-state index in [-0.39, 0.29) is 24.5 Å². The molecule has 6 heteroatoms. The maximum atomic E-state index is 13.6. The van der Waals surface area contributed by atoms with Gasteiger partial charge in [-0.15, -0.1) is 0 Å². The number of carbonyl (C=O) groups excluding carboxylic acids is 2. The number of rotatable bonds is 8. The lowest BCUT2D eigenvalue weighted by Crippen LogP contribution is -2.44. The number of methoxy groups -OCH3 is 1. The highest BCUT2D eigenvalue weighted by Gasteiger charge is 2.28. The summed E-state index contributed by atoms with van der Waals surface area (Å²) in [4.78, 5) is 28.3. The van der Waals surface area contributed by atoms with E-state index in [2.05, 4.69) is 5.32 Å². The molecule has 1 aliphatic rings. The predicted molar refractivity (Wildman–Crippen MR) is 139 cm³/mol. The lowest BCUT2D eigenvalue weighted by Gasteiger charge is -2.28. The minimum absolute atomic E-state index is 0.0127. The lowest BCUT2D eigenvalue weighted by atomic mass is 9.96. The summed E-state index contributed by atoms with van der Waals surface area (Å²) in [6.45, 7) is 7.00. The van der Waals surface area contributed by atoms with Crippen molar-refractivity contribution < 1.29 is 19.1 Å². The summed E-state index contributed by atoms with van der Waals surface area (Å²) in [7, 11) is 1.65. The van der Waals surface area contributed by atoms with Crippen LogP contribution in [-0.4, -0.2) is 49.6 Å². The molecule has 1 fully saturated rings. The largest absolute Gasteiger partial charge is 0.497 e. The van der Waals surface area contributed by atoms with Crippen molar-refractivity contribution in [2.75, 3.05) is 32.1 Å². The Balaban J connectivity index is 1.53. The predicted octanol–water partition coefficient (Wildman–Crippen LogP) is 5.22. The van der Waals surface area contributed by atoms with Crippen LogP contribution in [-0.2, 0) is 14.3 Å². The van der Waals surface area contributed by atoms with Crippen molar-refractivity contribution in [1.29, 1.82) is 0 Å². The van der Waals surface area contributed by atoms with Gasteiger partial charge in [0.2, 0.25) is 11.8 Å². The van der Waals surface area contributed by atoms with Gasteiger partial charge in [-0.05, 0) is 79.3 Å². The average Bonchev–Trinajstić information content (AvgIpc) is 3.38. The second kappa shape index (κ2) is 10.9. The third kappa shape index (κ3) is 5.82. The molecule has 0 saturated carbocycles. The molecule has 2 amide bonds. The van der Waals surface area contributed by atoms with Gasteiger partial charge in [-0.2, -0.15) is 0 Å². The Labute approximate surface area is 207 Å². The molecule has 1 unspecified atom stereocenters. The number of aryl methyl sites for hydroxylation is 1. The molecule has 0 bridgehead atoms. The first-order chi connectivity index (χ1) is 16.9. The van der Waals surface area contributed by atoms with Crippen molar-refractivity contribution in [2.45, 2.75) is 45.6 Å². The first kappa shape index (κ1) is 24.7. The van der Waals surface area contributed by atoms with Crippen molar-refractivity contribution in [1.82, 2.24) is 4.90 Å². The lowest BCUT2D eigenvalue weighted by molar-refractivity contribution is -0.137.